The zero-order valence-electron chi connectivity index (χ0n) is 9.47. The summed E-state index contributed by atoms with van der Waals surface area (Å²) in [4.78, 5) is 1.90. The number of alkyl halides is 4. The minimum absolute atomic E-state index is 0.355. The number of likely N-dealkylation sites (tertiary alicyclic amines) is 1. The van der Waals surface area contributed by atoms with Gasteiger partial charge in [-0.3, -0.25) is 4.90 Å². The van der Waals surface area contributed by atoms with Crippen LogP contribution in [0.3, 0.4) is 0 Å². The predicted molar refractivity (Wildman–Crippen MR) is 63.9 cm³/mol. The molecule has 2 rings (SSSR count). The molecule has 1 aromatic carbocycles. The fourth-order valence-electron chi connectivity index (χ4n) is 2.02. The van der Waals surface area contributed by atoms with Crippen molar-refractivity contribution in [2.24, 2.45) is 0 Å². The van der Waals surface area contributed by atoms with Gasteiger partial charge in [-0.15, -0.1) is 0 Å². The van der Waals surface area contributed by atoms with Crippen molar-refractivity contribution < 1.29 is 17.6 Å². The Kier molecular flexibility index (Phi) is 3.96. The predicted octanol–water partition coefficient (Wildman–Crippen LogP) is 4.01. The Morgan fingerprint density at radius 2 is 2.06 bits per heavy atom. The molecule has 6 heteroatoms. The Hall–Kier alpha value is -0.620. The Bertz CT molecular complexity index is 433. The number of hydrogen-bond acceptors (Lipinski definition) is 1. The van der Waals surface area contributed by atoms with Gasteiger partial charge in [-0.25, -0.2) is 4.39 Å². The first-order valence-electron chi connectivity index (χ1n) is 5.58. The zero-order valence-corrected chi connectivity index (χ0v) is 11.1. The second-order valence-corrected chi connectivity index (χ2v) is 5.28. The molecular formula is C12H12BrF4N. The summed E-state index contributed by atoms with van der Waals surface area (Å²) in [7, 11) is 0. The van der Waals surface area contributed by atoms with Gasteiger partial charge in [0.1, 0.15) is 6.17 Å². The van der Waals surface area contributed by atoms with E-state index in [1.165, 1.54) is 6.07 Å². The van der Waals surface area contributed by atoms with Crippen molar-refractivity contribution in [3.05, 3.63) is 33.8 Å². The summed E-state index contributed by atoms with van der Waals surface area (Å²) in [5.74, 6) is 0. The van der Waals surface area contributed by atoms with E-state index in [0.717, 1.165) is 17.7 Å². The third-order valence-corrected chi connectivity index (χ3v) is 3.73. The SMILES string of the molecule is F[C@H]1CCN(Cc2ccc(C(F)(F)F)cc2Br)C1. The summed E-state index contributed by atoms with van der Waals surface area (Å²) >= 11 is 3.14. The molecule has 0 aromatic heterocycles. The highest BCUT2D eigenvalue weighted by Crippen LogP contribution is 2.32. The average molecular weight is 326 g/mol. The van der Waals surface area contributed by atoms with Crippen molar-refractivity contribution in [2.45, 2.75) is 25.3 Å². The largest absolute Gasteiger partial charge is 0.416 e. The van der Waals surface area contributed by atoms with Crippen LogP contribution in [0.25, 0.3) is 0 Å². The molecule has 1 aromatic rings. The van der Waals surface area contributed by atoms with Crippen LogP contribution in [0, 0.1) is 0 Å². The maximum atomic E-state index is 13.0. The van der Waals surface area contributed by atoms with Gasteiger partial charge >= 0.3 is 6.18 Å². The highest BCUT2D eigenvalue weighted by atomic mass is 79.9. The molecule has 1 heterocycles. The van der Waals surface area contributed by atoms with Crippen molar-refractivity contribution in [3.8, 4) is 0 Å². The molecule has 0 unspecified atom stereocenters. The maximum Gasteiger partial charge on any atom is 0.416 e. The van der Waals surface area contributed by atoms with E-state index in [1.807, 2.05) is 4.90 Å². The van der Waals surface area contributed by atoms with Crippen LogP contribution in [-0.2, 0) is 12.7 Å². The summed E-state index contributed by atoms with van der Waals surface area (Å²) in [6, 6.07) is 3.57. The van der Waals surface area contributed by atoms with E-state index in [2.05, 4.69) is 15.9 Å². The first kappa shape index (κ1) is 13.8. The molecule has 1 nitrogen and oxygen atoms in total. The summed E-state index contributed by atoms with van der Waals surface area (Å²) in [5, 5.41) is 0. The van der Waals surface area contributed by atoms with E-state index in [-0.39, 0.29) is 0 Å². The maximum absolute atomic E-state index is 13.0. The molecule has 0 N–H and O–H groups in total. The highest BCUT2D eigenvalue weighted by Gasteiger charge is 2.31. The lowest BCUT2D eigenvalue weighted by Gasteiger charge is -2.16. The summed E-state index contributed by atoms with van der Waals surface area (Å²) in [6.07, 6.45) is -4.66. The van der Waals surface area contributed by atoms with Crippen LogP contribution in [0.2, 0.25) is 0 Å². The van der Waals surface area contributed by atoms with Crippen LogP contribution < -0.4 is 0 Å². The Labute approximate surface area is 111 Å². The number of benzene rings is 1. The molecule has 1 fully saturated rings. The van der Waals surface area contributed by atoms with E-state index in [0.29, 0.717) is 30.5 Å². The average Bonchev–Trinajstić information content (AvgIpc) is 2.65. The third-order valence-electron chi connectivity index (χ3n) is 2.99. The molecule has 18 heavy (non-hydrogen) atoms. The molecule has 0 bridgehead atoms. The molecular weight excluding hydrogens is 314 g/mol. The van der Waals surface area contributed by atoms with Crippen molar-refractivity contribution in [2.75, 3.05) is 13.1 Å². The van der Waals surface area contributed by atoms with Gasteiger partial charge in [0, 0.05) is 24.1 Å². The smallest absolute Gasteiger partial charge is 0.296 e. The number of halogens is 5. The number of rotatable bonds is 2. The van der Waals surface area contributed by atoms with E-state index < -0.39 is 17.9 Å². The van der Waals surface area contributed by atoms with Gasteiger partial charge in [0.2, 0.25) is 0 Å². The topological polar surface area (TPSA) is 3.24 Å². The second kappa shape index (κ2) is 5.17. The van der Waals surface area contributed by atoms with Crippen LogP contribution in [0.1, 0.15) is 17.5 Å². The highest BCUT2D eigenvalue weighted by molar-refractivity contribution is 9.10. The monoisotopic (exact) mass is 325 g/mol. The lowest BCUT2D eigenvalue weighted by Crippen LogP contribution is -2.20. The Morgan fingerprint density at radius 3 is 2.56 bits per heavy atom. The normalized spacial score (nSPS) is 21.5. The van der Waals surface area contributed by atoms with Gasteiger partial charge in [0.15, 0.2) is 0 Å². The minimum atomic E-state index is -4.33. The second-order valence-electron chi connectivity index (χ2n) is 4.43. The molecule has 0 saturated carbocycles. The van der Waals surface area contributed by atoms with Gasteiger partial charge in [-0.05, 0) is 24.1 Å². The summed E-state index contributed by atoms with van der Waals surface area (Å²) in [6.45, 7) is 1.47. The van der Waals surface area contributed by atoms with E-state index in [9.17, 15) is 17.6 Å². The van der Waals surface area contributed by atoms with Crippen molar-refractivity contribution in [1.82, 2.24) is 4.90 Å². The van der Waals surface area contributed by atoms with Crippen LogP contribution in [0.4, 0.5) is 17.6 Å². The van der Waals surface area contributed by atoms with Crippen molar-refractivity contribution >= 4 is 15.9 Å². The van der Waals surface area contributed by atoms with Gasteiger partial charge in [0.25, 0.3) is 0 Å². The summed E-state index contributed by atoms with van der Waals surface area (Å²) in [5.41, 5.74) is 0.0695. The van der Waals surface area contributed by atoms with Crippen molar-refractivity contribution in [3.63, 3.8) is 0 Å². The van der Waals surface area contributed by atoms with E-state index >= 15 is 0 Å². The van der Waals surface area contributed by atoms with Gasteiger partial charge in [-0.1, -0.05) is 22.0 Å². The molecule has 1 aliphatic rings. The standard InChI is InChI=1S/C12H12BrF4N/c13-11-5-9(12(15,16)17)2-1-8(11)6-18-4-3-10(14)7-18/h1-2,5,10H,3-4,6-7H2/t10-/m0/s1. The molecule has 1 aliphatic heterocycles. The third kappa shape index (κ3) is 3.23. The first-order chi connectivity index (χ1) is 8.36. The van der Waals surface area contributed by atoms with E-state index in [1.54, 1.807) is 0 Å². The van der Waals surface area contributed by atoms with Crippen LogP contribution >= 0.6 is 15.9 Å². The molecule has 0 amide bonds. The van der Waals surface area contributed by atoms with Crippen LogP contribution in [0.15, 0.2) is 22.7 Å². The Morgan fingerprint density at radius 1 is 1.33 bits per heavy atom. The van der Waals surface area contributed by atoms with Gasteiger partial charge in [0.05, 0.1) is 5.56 Å². The first-order valence-corrected chi connectivity index (χ1v) is 6.37. The van der Waals surface area contributed by atoms with Crippen LogP contribution in [0.5, 0.6) is 0 Å². The fraction of sp³-hybridized carbons (Fsp3) is 0.500. The minimum Gasteiger partial charge on any atom is -0.296 e. The van der Waals surface area contributed by atoms with Crippen LogP contribution in [-0.4, -0.2) is 24.2 Å². The molecule has 1 saturated heterocycles. The van der Waals surface area contributed by atoms with E-state index in [4.69, 9.17) is 0 Å². The Balaban J connectivity index is 2.10. The lowest BCUT2D eigenvalue weighted by molar-refractivity contribution is -0.137. The lowest BCUT2D eigenvalue weighted by atomic mass is 10.1. The molecule has 0 radical (unpaired) electrons. The fourth-order valence-corrected chi connectivity index (χ4v) is 2.53. The number of hydrogen-bond donors (Lipinski definition) is 0. The van der Waals surface area contributed by atoms with Gasteiger partial charge < -0.3 is 0 Å². The molecule has 0 spiro atoms. The molecule has 100 valence electrons. The quantitative estimate of drug-likeness (QED) is 0.742. The summed E-state index contributed by atoms with van der Waals surface area (Å²) < 4.78 is 50.8. The molecule has 1 atom stereocenters. The van der Waals surface area contributed by atoms with Gasteiger partial charge in [-0.2, -0.15) is 13.2 Å². The van der Waals surface area contributed by atoms with Crippen molar-refractivity contribution in [1.29, 1.82) is 0 Å². The zero-order chi connectivity index (χ0) is 13.3. The molecule has 0 aliphatic carbocycles. The number of nitrogens with zero attached hydrogens (tertiary/aromatic N) is 1.